The van der Waals surface area contributed by atoms with Crippen molar-refractivity contribution >= 4 is 5.97 Å². The van der Waals surface area contributed by atoms with E-state index in [0.29, 0.717) is 12.8 Å². The van der Waals surface area contributed by atoms with Gasteiger partial charge >= 0.3 is 5.97 Å². The molecule has 22 heavy (non-hydrogen) atoms. The van der Waals surface area contributed by atoms with Crippen molar-refractivity contribution in [1.29, 1.82) is 0 Å². The third kappa shape index (κ3) is 9.21. The lowest BCUT2D eigenvalue weighted by molar-refractivity contribution is -0.151. The lowest BCUT2D eigenvalue weighted by atomic mass is 10.0. The first-order chi connectivity index (χ1) is 10.6. The van der Waals surface area contributed by atoms with Crippen LogP contribution in [0.4, 0.5) is 0 Å². The van der Waals surface area contributed by atoms with Crippen molar-refractivity contribution in [1.82, 2.24) is 0 Å². The van der Waals surface area contributed by atoms with Gasteiger partial charge in [-0.15, -0.1) is 0 Å². The van der Waals surface area contributed by atoms with E-state index in [-0.39, 0.29) is 18.5 Å². The van der Waals surface area contributed by atoms with E-state index >= 15 is 0 Å². The van der Waals surface area contributed by atoms with E-state index in [1.807, 2.05) is 0 Å². The van der Waals surface area contributed by atoms with Crippen LogP contribution in [0.1, 0.15) is 77.6 Å². The average Bonchev–Trinajstić information content (AvgIpc) is 2.48. The number of cyclic esters (lactones) is 1. The molecule has 0 aromatic carbocycles. The summed E-state index contributed by atoms with van der Waals surface area (Å²) in [4.78, 5) is 11.7. The molecule has 0 spiro atoms. The maximum Gasteiger partial charge on any atom is 0.309 e. The van der Waals surface area contributed by atoms with E-state index in [2.05, 4.69) is 6.92 Å². The minimum atomic E-state index is -0.862. The lowest BCUT2D eigenvalue weighted by Gasteiger charge is -2.21. The van der Waals surface area contributed by atoms with Crippen LogP contribution < -0.4 is 0 Å². The summed E-state index contributed by atoms with van der Waals surface area (Å²) in [5.74, 6) is -0.346. The summed E-state index contributed by atoms with van der Waals surface area (Å²) >= 11 is 0. The fraction of sp³-hybridized carbons (Fsp3) is 0.833. The molecule has 0 aromatic heterocycles. The monoisotopic (exact) mass is 312 g/mol. The number of hydrogen-bond donors (Lipinski definition) is 2. The fourth-order valence-electron chi connectivity index (χ4n) is 2.77. The van der Waals surface area contributed by atoms with E-state index in [9.17, 15) is 15.0 Å². The van der Waals surface area contributed by atoms with Gasteiger partial charge in [-0.25, -0.2) is 0 Å². The third-order valence-electron chi connectivity index (χ3n) is 4.14. The molecule has 0 bridgehead atoms. The summed E-state index contributed by atoms with van der Waals surface area (Å²) in [5, 5.41) is 19.4. The van der Waals surface area contributed by atoms with Crippen molar-refractivity contribution in [2.45, 2.75) is 95.9 Å². The second kappa shape index (κ2) is 11.7. The Hall–Kier alpha value is -0.870. The van der Waals surface area contributed by atoms with Crippen LogP contribution in [-0.2, 0) is 9.53 Å². The van der Waals surface area contributed by atoms with Gasteiger partial charge in [-0.1, -0.05) is 57.6 Å². The first-order valence-corrected chi connectivity index (χ1v) is 8.85. The number of aliphatic hydroxyl groups is 2. The summed E-state index contributed by atoms with van der Waals surface area (Å²) < 4.78 is 5.45. The Bertz CT molecular complexity index is 327. The van der Waals surface area contributed by atoms with Crippen LogP contribution in [0.3, 0.4) is 0 Å². The van der Waals surface area contributed by atoms with Gasteiger partial charge in [0, 0.05) is 0 Å². The maximum atomic E-state index is 11.7. The van der Waals surface area contributed by atoms with Crippen LogP contribution in [0, 0.1) is 0 Å². The fourth-order valence-corrected chi connectivity index (χ4v) is 2.77. The summed E-state index contributed by atoms with van der Waals surface area (Å²) in [5.41, 5.74) is 0. The minimum Gasteiger partial charge on any atom is -0.462 e. The van der Waals surface area contributed by atoms with Gasteiger partial charge in [0.1, 0.15) is 6.10 Å². The molecule has 0 aromatic rings. The Labute approximate surface area is 134 Å². The van der Waals surface area contributed by atoms with Gasteiger partial charge in [0.05, 0.1) is 18.6 Å². The molecule has 0 radical (unpaired) electrons. The first-order valence-electron chi connectivity index (χ1n) is 8.85. The first kappa shape index (κ1) is 19.2. The van der Waals surface area contributed by atoms with Crippen LogP contribution in [0.2, 0.25) is 0 Å². The molecule has 3 atom stereocenters. The average molecular weight is 312 g/mol. The smallest absolute Gasteiger partial charge is 0.309 e. The van der Waals surface area contributed by atoms with Gasteiger partial charge in [-0.3, -0.25) is 4.79 Å². The van der Waals surface area contributed by atoms with Crippen molar-refractivity contribution < 1.29 is 19.7 Å². The molecule has 0 saturated carbocycles. The molecule has 1 aliphatic heterocycles. The lowest BCUT2D eigenvalue weighted by Crippen LogP contribution is -2.24. The number of rotatable bonds is 8. The molecule has 4 nitrogen and oxygen atoms in total. The Morgan fingerprint density at radius 3 is 2.36 bits per heavy atom. The van der Waals surface area contributed by atoms with Crippen LogP contribution >= 0.6 is 0 Å². The van der Waals surface area contributed by atoms with Crippen molar-refractivity contribution in [3.63, 3.8) is 0 Å². The summed E-state index contributed by atoms with van der Waals surface area (Å²) in [6, 6.07) is 0. The number of carbonyl (C=O) groups is 1. The van der Waals surface area contributed by atoms with E-state index in [1.165, 1.54) is 44.6 Å². The van der Waals surface area contributed by atoms with Crippen LogP contribution in [0.5, 0.6) is 0 Å². The van der Waals surface area contributed by atoms with Gasteiger partial charge in [-0.05, 0) is 25.7 Å². The zero-order chi connectivity index (χ0) is 16.2. The van der Waals surface area contributed by atoms with E-state index in [0.717, 1.165) is 12.8 Å². The molecule has 1 aliphatic rings. The van der Waals surface area contributed by atoms with Crippen molar-refractivity contribution in [3.8, 4) is 0 Å². The molecule has 1 heterocycles. The molecule has 1 rings (SSSR count). The molecule has 128 valence electrons. The summed E-state index contributed by atoms with van der Waals surface area (Å²) in [7, 11) is 0. The van der Waals surface area contributed by atoms with Crippen LogP contribution in [-0.4, -0.2) is 34.5 Å². The standard InChI is InChI=1S/C18H32O4/c1-2-3-4-5-6-7-8-9-17-13-12-15(19)10-11-16(20)14-18(21)22-17/h10-11,15-17,19-20H,2-9,12-14H2,1H3/b11-10+/t15-,16+,17+/m0/s1. The zero-order valence-corrected chi connectivity index (χ0v) is 13.9. The Kier molecular flexibility index (Phi) is 10.2. The SMILES string of the molecule is CCCCCCCCC[C@@H]1CC[C@@H](O)/C=C/[C@@H](O)CC(=O)O1. The molecule has 0 unspecified atom stereocenters. The van der Waals surface area contributed by atoms with Crippen molar-refractivity contribution in [3.05, 3.63) is 12.2 Å². The number of esters is 1. The van der Waals surface area contributed by atoms with Gasteiger partial charge in [0.15, 0.2) is 0 Å². The molecule has 4 heteroatoms. The largest absolute Gasteiger partial charge is 0.462 e. The highest BCUT2D eigenvalue weighted by molar-refractivity contribution is 5.70. The number of hydrogen-bond acceptors (Lipinski definition) is 4. The van der Waals surface area contributed by atoms with Gasteiger partial charge < -0.3 is 14.9 Å². The van der Waals surface area contributed by atoms with Crippen LogP contribution in [0.15, 0.2) is 12.2 Å². The third-order valence-corrected chi connectivity index (χ3v) is 4.14. The zero-order valence-electron chi connectivity index (χ0n) is 13.9. The molecule has 0 saturated heterocycles. The van der Waals surface area contributed by atoms with Gasteiger partial charge in [0.25, 0.3) is 0 Å². The predicted octanol–water partition coefficient (Wildman–Crippen LogP) is 3.50. The van der Waals surface area contributed by atoms with E-state index < -0.39 is 12.2 Å². The molecule has 0 amide bonds. The number of aliphatic hydroxyl groups excluding tert-OH is 2. The highest BCUT2D eigenvalue weighted by Crippen LogP contribution is 2.18. The quantitative estimate of drug-likeness (QED) is 0.409. The minimum absolute atomic E-state index is 0.0310. The van der Waals surface area contributed by atoms with E-state index in [4.69, 9.17) is 4.74 Å². The van der Waals surface area contributed by atoms with Gasteiger partial charge in [-0.2, -0.15) is 0 Å². The Morgan fingerprint density at radius 2 is 1.64 bits per heavy atom. The molecule has 0 aliphatic carbocycles. The maximum absolute atomic E-state index is 11.7. The molecular formula is C18H32O4. The second-order valence-corrected chi connectivity index (χ2v) is 6.32. The normalized spacial score (nSPS) is 28.1. The van der Waals surface area contributed by atoms with Gasteiger partial charge in [0.2, 0.25) is 0 Å². The van der Waals surface area contributed by atoms with Crippen molar-refractivity contribution in [2.75, 3.05) is 0 Å². The molecular weight excluding hydrogens is 280 g/mol. The highest BCUT2D eigenvalue weighted by atomic mass is 16.5. The van der Waals surface area contributed by atoms with E-state index in [1.54, 1.807) is 6.08 Å². The molecule has 2 N–H and O–H groups in total. The highest BCUT2D eigenvalue weighted by Gasteiger charge is 2.19. The number of carbonyl (C=O) groups excluding carboxylic acids is 1. The second-order valence-electron chi connectivity index (χ2n) is 6.32. The summed E-state index contributed by atoms with van der Waals surface area (Å²) in [6.07, 6.45) is 12.2. The predicted molar refractivity (Wildman–Crippen MR) is 87.5 cm³/mol. The summed E-state index contributed by atoms with van der Waals surface area (Å²) in [6.45, 7) is 2.22. The van der Waals surface area contributed by atoms with Crippen molar-refractivity contribution in [2.24, 2.45) is 0 Å². The molecule has 0 fully saturated rings. The Morgan fingerprint density at radius 1 is 1.00 bits per heavy atom. The number of ether oxygens (including phenoxy) is 1. The van der Waals surface area contributed by atoms with Crippen LogP contribution in [0.25, 0.3) is 0 Å². The topological polar surface area (TPSA) is 66.8 Å². The number of unbranched alkanes of at least 4 members (excludes halogenated alkanes) is 6. The Balaban J connectivity index is 2.28.